The molecule has 0 atom stereocenters. The van der Waals surface area contributed by atoms with Crippen molar-refractivity contribution < 1.29 is 13.2 Å². The molecule has 1 fully saturated rings. The molecule has 1 saturated heterocycles. The van der Waals surface area contributed by atoms with E-state index in [0.29, 0.717) is 32.5 Å². The molecule has 1 aliphatic heterocycles. The summed E-state index contributed by atoms with van der Waals surface area (Å²) in [6, 6.07) is 20.8. The van der Waals surface area contributed by atoms with Gasteiger partial charge in [-0.1, -0.05) is 58.4 Å². The molecule has 0 aliphatic carbocycles. The molecule has 30 heavy (non-hydrogen) atoms. The molecule has 156 valence electrons. The number of piperidine rings is 1. The summed E-state index contributed by atoms with van der Waals surface area (Å²) in [5.74, 6) is -0.181. The lowest BCUT2D eigenvalue weighted by Gasteiger charge is -2.30. The van der Waals surface area contributed by atoms with Gasteiger partial charge < -0.3 is 5.32 Å². The lowest BCUT2D eigenvalue weighted by molar-refractivity contribution is -0.126. The number of fused-ring (bicyclic) bond motifs is 1. The highest BCUT2D eigenvalue weighted by Gasteiger charge is 2.32. The molecule has 1 amide bonds. The smallest absolute Gasteiger partial charge is 0.243 e. The van der Waals surface area contributed by atoms with Gasteiger partial charge in [-0.2, -0.15) is 4.31 Å². The van der Waals surface area contributed by atoms with E-state index in [1.807, 2.05) is 24.3 Å². The summed E-state index contributed by atoms with van der Waals surface area (Å²) >= 11 is 3.32. The molecule has 0 spiro atoms. The fourth-order valence-electron chi connectivity index (χ4n) is 3.89. The van der Waals surface area contributed by atoms with Gasteiger partial charge in [0.25, 0.3) is 0 Å². The van der Waals surface area contributed by atoms with Gasteiger partial charge in [-0.3, -0.25) is 4.79 Å². The summed E-state index contributed by atoms with van der Waals surface area (Å²) in [5, 5.41) is 5.32. The largest absolute Gasteiger partial charge is 0.352 e. The summed E-state index contributed by atoms with van der Waals surface area (Å²) in [6.07, 6.45) is 1.05. The molecule has 0 saturated carbocycles. The zero-order valence-electron chi connectivity index (χ0n) is 16.4. The van der Waals surface area contributed by atoms with Crippen molar-refractivity contribution in [2.24, 2.45) is 5.92 Å². The first kappa shape index (κ1) is 21.0. The summed E-state index contributed by atoms with van der Waals surface area (Å²) in [4.78, 5) is 13.0. The fourth-order valence-corrected chi connectivity index (χ4v) is 5.62. The van der Waals surface area contributed by atoms with Crippen LogP contribution in [0.5, 0.6) is 0 Å². The monoisotopic (exact) mass is 486 g/mol. The van der Waals surface area contributed by atoms with E-state index in [9.17, 15) is 13.2 Å². The molecule has 0 aromatic heterocycles. The van der Waals surface area contributed by atoms with Crippen molar-refractivity contribution in [3.63, 3.8) is 0 Å². The Bertz CT molecular complexity index is 1150. The number of benzene rings is 3. The van der Waals surface area contributed by atoms with Gasteiger partial charge in [0, 0.05) is 30.0 Å². The molecule has 1 heterocycles. The van der Waals surface area contributed by atoms with Crippen LogP contribution < -0.4 is 5.32 Å². The zero-order chi connectivity index (χ0) is 21.1. The number of halogens is 1. The summed E-state index contributed by atoms with van der Waals surface area (Å²) in [6.45, 7) is 1.17. The average molecular weight is 487 g/mol. The van der Waals surface area contributed by atoms with Crippen LogP contribution in [0.15, 0.2) is 76.1 Å². The molecule has 1 aliphatic rings. The summed E-state index contributed by atoms with van der Waals surface area (Å²) in [5.41, 5.74) is 1.08. The second-order valence-corrected chi connectivity index (χ2v) is 10.3. The average Bonchev–Trinajstić information content (AvgIpc) is 2.78. The van der Waals surface area contributed by atoms with Gasteiger partial charge in [0.1, 0.15) is 0 Å². The van der Waals surface area contributed by atoms with Crippen LogP contribution in [0.3, 0.4) is 0 Å². The Morgan fingerprint density at radius 3 is 2.37 bits per heavy atom. The number of carbonyl (C=O) groups excluding carboxylic acids is 1. The Labute approximate surface area is 185 Å². The van der Waals surface area contributed by atoms with Crippen molar-refractivity contribution in [1.82, 2.24) is 9.62 Å². The molecule has 3 aromatic carbocycles. The maximum atomic E-state index is 12.8. The van der Waals surface area contributed by atoms with Crippen molar-refractivity contribution >= 4 is 42.6 Å². The van der Waals surface area contributed by atoms with Crippen LogP contribution in [0.2, 0.25) is 0 Å². The number of sulfonamides is 1. The Kier molecular flexibility index (Phi) is 6.22. The Hall–Kier alpha value is -2.22. The standard InChI is InChI=1S/C23H23BrN2O3S/c24-20-8-10-21(11-9-20)30(28,29)26-14-12-18(13-15-26)23(27)25-16-19-6-3-5-17-4-1-2-7-22(17)19/h1-11,18H,12-16H2,(H,25,27). The predicted molar refractivity (Wildman–Crippen MR) is 121 cm³/mol. The van der Waals surface area contributed by atoms with Crippen LogP contribution in [-0.2, 0) is 21.4 Å². The first-order valence-electron chi connectivity index (χ1n) is 9.95. The van der Waals surface area contributed by atoms with E-state index in [0.717, 1.165) is 20.8 Å². The van der Waals surface area contributed by atoms with Gasteiger partial charge in [0.2, 0.25) is 15.9 Å². The molecule has 0 radical (unpaired) electrons. The van der Waals surface area contributed by atoms with Gasteiger partial charge >= 0.3 is 0 Å². The number of nitrogens with one attached hydrogen (secondary N) is 1. The second kappa shape index (κ2) is 8.88. The molecule has 0 unspecified atom stereocenters. The van der Waals surface area contributed by atoms with Gasteiger partial charge in [-0.15, -0.1) is 0 Å². The minimum Gasteiger partial charge on any atom is -0.352 e. The van der Waals surface area contributed by atoms with Crippen molar-refractivity contribution in [3.05, 3.63) is 76.8 Å². The highest BCUT2D eigenvalue weighted by Crippen LogP contribution is 2.25. The SMILES string of the molecule is O=C(NCc1cccc2ccccc12)C1CCN(S(=O)(=O)c2ccc(Br)cc2)CC1. The van der Waals surface area contributed by atoms with E-state index < -0.39 is 10.0 Å². The molecule has 0 bridgehead atoms. The highest BCUT2D eigenvalue weighted by molar-refractivity contribution is 9.10. The molecule has 7 heteroatoms. The maximum absolute atomic E-state index is 12.8. The van der Waals surface area contributed by atoms with E-state index in [1.54, 1.807) is 24.3 Å². The molecular weight excluding hydrogens is 464 g/mol. The van der Waals surface area contributed by atoms with Gasteiger partial charge in [-0.05, 0) is 53.4 Å². The van der Waals surface area contributed by atoms with Crippen LogP contribution in [0.25, 0.3) is 10.8 Å². The zero-order valence-corrected chi connectivity index (χ0v) is 18.8. The molecule has 4 rings (SSSR count). The second-order valence-electron chi connectivity index (χ2n) is 7.49. The minimum absolute atomic E-state index is 0.0105. The Morgan fingerprint density at radius 2 is 1.63 bits per heavy atom. The number of hydrogen-bond acceptors (Lipinski definition) is 3. The van der Waals surface area contributed by atoms with Crippen molar-refractivity contribution in [3.8, 4) is 0 Å². The third-order valence-electron chi connectivity index (χ3n) is 5.61. The number of rotatable bonds is 5. The lowest BCUT2D eigenvalue weighted by atomic mass is 9.97. The predicted octanol–water partition coefficient (Wildman–Crippen LogP) is 4.32. The van der Waals surface area contributed by atoms with Gasteiger partial charge in [0.15, 0.2) is 0 Å². The molecule has 1 N–H and O–H groups in total. The van der Waals surface area contributed by atoms with E-state index in [1.165, 1.54) is 4.31 Å². The van der Waals surface area contributed by atoms with E-state index in [4.69, 9.17) is 0 Å². The molecule has 5 nitrogen and oxygen atoms in total. The van der Waals surface area contributed by atoms with Crippen molar-refractivity contribution in [1.29, 1.82) is 0 Å². The quantitative estimate of drug-likeness (QED) is 0.583. The third kappa shape index (κ3) is 4.43. The van der Waals surface area contributed by atoms with Crippen LogP contribution in [0, 0.1) is 5.92 Å². The minimum atomic E-state index is -3.53. The molecule has 3 aromatic rings. The van der Waals surface area contributed by atoms with Gasteiger partial charge in [-0.25, -0.2) is 8.42 Å². The number of nitrogens with zero attached hydrogens (tertiary/aromatic N) is 1. The summed E-state index contributed by atoms with van der Waals surface area (Å²) < 4.78 is 28.0. The van der Waals surface area contributed by atoms with Gasteiger partial charge in [0.05, 0.1) is 4.90 Å². The first-order valence-corrected chi connectivity index (χ1v) is 12.2. The topological polar surface area (TPSA) is 66.5 Å². The van der Waals surface area contributed by atoms with E-state index >= 15 is 0 Å². The number of hydrogen-bond donors (Lipinski definition) is 1. The third-order valence-corrected chi connectivity index (χ3v) is 8.05. The van der Waals surface area contributed by atoms with Crippen LogP contribution in [-0.4, -0.2) is 31.7 Å². The summed E-state index contributed by atoms with van der Waals surface area (Å²) in [7, 11) is -3.53. The van der Waals surface area contributed by atoms with E-state index in [-0.39, 0.29) is 16.7 Å². The van der Waals surface area contributed by atoms with Crippen LogP contribution >= 0.6 is 15.9 Å². The maximum Gasteiger partial charge on any atom is 0.243 e. The normalized spacial score (nSPS) is 15.9. The van der Waals surface area contributed by atoms with Crippen molar-refractivity contribution in [2.45, 2.75) is 24.3 Å². The number of amides is 1. The number of carbonyl (C=O) groups is 1. The Morgan fingerprint density at radius 1 is 0.967 bits per heavy atom. The van der Waals surface area contributed by atoms with Crippen LogP contribution in [0.4, 0.5) is 0 Å². The van der Waals surface area contributed by atoms with Crippen molar-refractivity contribution in [2.75, 3.05) is 13.1 Å². The molecular formula is C23H23BrN2O3S. The fraction of sp³-hybridized carbons (Fsp3) is 0.261. The van der Waals surface area contributed by atoms with Crippen LogP contribution in [0.1, 0.15) is 18.4 Å². The van der Waals surface area contributed by atoms with E-state index in [2.05, 4.69) is 39.4 Å². The Balaban J connectivity index is 1.36. The first-order chi connectivity index (χ1) is 14.4. The highest BCUT2D eigenvalue weighted by atomic mass is 79.9. The lowest BCUT2D eigenvalue weighted by Crippen LogP contribution is -2.42.